The summed E-state index contributed by atoms with van der Waals surface area (Å²) in [5.74, 6) is -0.981. The number of hydrogen-bond donors (Lipinski definition) is 2. The van der Waals surface area contributed by atoms with Gasteiger partial charge in [0, 0.05) is 25.5 Å². The summed E-state index contributed by atoms with van der Waals surface area (Å²) in [6.07, 6.45) is 1.92. The van der Waals surface area contributed by atoms with E-state index in [2.05, 4.69) is 29.6 Å². The van der Waals surface area contributed by atoms with Gasteiger partial charge in [0.25, 0.3) is 0 Å². The van der Waals surface area contributed by atoms with Gasteiger partial charge in [0.05, 0.1) is 11.5 Å². The molecule has 0 radical (unpaired) electrons. The first-order valence-electron chi connectivity index (χ1n) is 8.48. The van der Waals surface area contributed by atoms with Crippen molar-refractivity contribution in [3.63, 3.8) is 0 Å². The molecule has 1 aliphatic heterocycles. The molecule has 1 fully saturated rings. The van der Waals surface area contributed by atoms with E-state index in [9.17, 15) is 9.59 Å². The number of ether oxygens (including phenoxy) is 1. The number of carboxylic acids is 1. The van der Waals surface area contributed by atoms with Crippen LogP contribution in [-0.2, 0) is 14.3 Å². The normalized spacial score (nSPS) is 21.3. The van der Waals surface area contributed by atoms with Crippen LogP contribution in [0.2, 0.25) is 0 Å². The van der Waals surface area contributed by atoms with Gasteiger partial charge < -0.3 is 15.2 Å². The summed E-state index contributed by atoms with van der Waals surface area (Å²) in [5.41, 5.74) is 1.28. The number of hydrogen-bond acceptors (Lipinski definition) is 3. The molecular formula is C19H27NO4. The molecular weight excluding hydrogens is 306 g/mol. The van der Waals surface area contributed by atoms with Crippen molar-refractivity contribution in [2.24, 2.45) is 11.3 Å². The lowest BCUT2D eigenvalue weighted by molar-refractivity contribution is -0.149. The highest BCUT2D eigenvalue weighted by molar-refractivity contribution is 5.84. The maximum Gasteiger partial charge on any atom is 0.309 e. The third-order valence-corrected chi connectivity index (χ3v) is 4.59. The third kappa shape index (κ3) is 4.81. The SMILES string of the molecule is Cc1ccc(C2OCCCC2CNC(=O)CC(C)(C)C(=O)O)cc1. The van der Waals surface area contributed by atoms with Gasteiger partial charge in [-0.2, -0.15) is 0 Å². The Hall–Kier alpha value is -1.88. The molecule has 0 aromatic heterocycles. The zero-order chi connectivity index (χ0) is 17.7. The Bertz CT molecular complexity index is 580. The second kappa shape index (κ2) is 7.79. The van der Waals surface area contributed by atoms with Crippen molar-refractivity contribution in [3.8, 4) is 0 Å². The lowest BCUT2D eigenvalue weighted by atomic mass is 9.87. The minimum Gasteiger partial charge on any atom is -0.481 e. The first-order chi connectivity index (χ1) is 11.3. The number of benzene rings is 1. The van der Waals surface area contributed by atoms with Crippen LogP contribution in [0.25, 0.3) is 0 Å². The summed E-state index contributed by atoms with van der Waals surface area (Å²) < 4.78 is 5.94. The van der Waals surface area contributed by atoms with Crippen molar-refractivity contribution < 1.29 is 19.4 Å². The number of amides is 1. The molecule has 2 atom stereocenters. The molecule has 1 heterocycles. The third-order valence-electron chi connectivity index (χ3n) is 4.59. The Morgan fingerprint density at radius 3 is 2.58 bits per heavy atom. The van der Waals surface area contributed by atoms with E-state index in [0.29, 0.717) is 6.54 Å². The molecule has 0 spiro atoms. The van der Waals surface area contributed by atoms with Gasteiger partial charge in [-0.25, -0.2) is 0 Å². The summed E-state index contributed by atoms with van der Waals surface area (Å²) in [5, 5.41) is 12.0. The molecule has 24 heavy (non-hydrogen) atoms. The maximum atomic E-state index is 12.1. The average molecular weight is 333 g/mol. The molecule has 1 amide bonds. The van der Waals surface area contributed by atoms with Gasteiger partial charge in [0.1, 0.15) is 0 Å². The van der Waals surface area contributed by atoms with E-state index in [1.54, 1.807) is 13.8 Å². The van der Waals surface area contributed by atoms with Crippen LogP contribution < -0.4 is 5.32 Å². The van der Waals surface area contributed by atoms with E-state index in [1.807, 2.05) is 6.92 Å². The van der Waals surface area contributed by atoms with Gasteiger partial charge in [-0.1, -0.05) is 29.8 Å². The minimum atomic E-state index is -1.05. The number of aliphatic carboxylic acids is 1. The zero-order valence-electron chi connectivity index (χ0n) is 14.7. The topological polar surface area (TPSA) is 75.6 Å². The first kappa shape index (κ1) is 18.5. The van der Waals surface area contributed by atoms with Crippen LogP contribution in [0.4, 0.5) is 0 Å². The number of carbonyl (C=O) groups excluding carboxylic acids is 1. The number of carbonyl (C=O) groups is 2. The van der Waals surface area contributed by atoms with Gasteiger partial charge >= 0.3 is 5.97 Å². The van der Waals surface area contributed by atoms with E-state index in [1.165, 1.54) is 5.56 Å². The molecule has 0 bridgehead atoms. The Labute approximate surface area is 143 Å². The lowest BCUT2D eigenvalue weighted by Crippen LogP contribution is -2.38. The van der Waals surface area contributed by atoms with Crippen LogP contribution in [0.3, 0.4) is 0 Å². The van der Waals surface area contributed by atoms with E-state index >= 15 is 0 Å². The van der Waals surface area contributed by atoms with E-state index in [-0.39, 0.29) is 24.3 Å². The number of rotatable bonds is 6. The summed E-state index contributed by atoms with van der Waals surface area (Å²) >= 11 is 0. The van der Waals surface area contributed by atoms with Crippen molar-refractivity contribution in [2.45, 2.75) is 46.1 Å². The predicted molar refractivity (Wildman–Crippen MR) is 91.6 cm³/mol. The fraction of sp³-hybridized carbons (Fsp3) is 0.579. The number of carboxylic acid groups (broad SMARTS) is 1. The maximum absolute atomic E-state index is 12.1. The standard InChI is InChI=1S/C19H27NO4/c1-13-6-8-14(9-7-13)17-15(5-4-10-24-17)12-20-16(21)11-19(2,3)18(22)23/h6-9,15,17H,4-5,10-12H2,1-3H3,(H,20,21)(H,22,23). The molecule has 2 rings (SSSR count). The van der Waals surface area contributed by atoms with Crippen LogP contribution in [0, 0.1) is 18.3 Å². The monoisotopic (exact) mass is 333 g/mol. The van der Waals surface area contributed by atoms with Crippen molar-refractivity contribution in [1.82, 2.24) is 5.32 Å². The molecule has 132 valence electrons. The second-order valence-corrected chi connectivity index (χ2v) is 7.27. The van der Waals surface area contributed by atoms with Gasteiger partial charge in [-0.15, -0.1) is 0 Å². The van der Waals surface area contributed by atoms with Crippen LogP contribution in [0.5, 0.6) is 0 Å². The Morgan fingerprint density at radius 2 is 1.96 bits per heavy atom. The van der Waals surface area contributed by atoms with Crippen LogP contribution in [0.1, 0.15) is 50.3 Å². The Kier molecular flexibility index (Phi) is 5.99. The molecule has 1 aromatic carbocycles. The van der Waals surface area contributed by atoms with Gasteiger partial charge in [-0.3, -0.25) is 9.59 Å². The molecule has 2 unspecified atom stereocenters. The highest BCUT2D eigenvalue weighted by Crippen LogP contribution is 2.33. The average Bonchev–Trinajstić information content (AvgIpc) is 2.53. The van der Waals surface area contributed by atoms with Crippen molar-refractivity contribution >= 4 is 11.9 Å². The van der Waals surface area contributed by atoms with Gasteiger partial charge in [0.2, 0.25) is 5.91 Å². The zero-order valence-corrected chi connectivity index (χ0v) is 14.7. The fourth-order valence-corrected chi connectivity index (χ4v) is 2.96. The van der Waals surface area contributed by atoms with Crippen molar-refractivity contribution in [1.29, 1.82) is 0 Å². The summed E-state index contributed by atoms with van der Waals surface area (Å²) in [6, 6.07) is 8.29. The highest BCUT2D eigenvalue weighted by atomic mass is 16.5. The number of nitrogens with one attached hydrogen (secondary N) is 1. The predicted octanol–water partition coefficient (Wildman–Crippen LogP) is 3.08. The van der Waals surface area contributed by atoms with Crippen molar-refractivity contribution in [3.05, 3.63) is 35.4 Å². The van der Waals surface area contributed by atoms with Crippen LogP contribution in [0.15, 0.2) is 24.3 Å². The fourth-order valence-electron chi connectivity index (χ4n) is 2.96. The molecule has 2 N–H and O–H groups in total. The summed E-state index contributed by atoms with van der Waals surface area (Å²) in [6.45, 7) is 6.41. The molecule has 5 heteroatoms. The van der Waals surface area contributed by atoms with Crippen LogP contribution >= 0.6 is 0 Å². The second-order valence-electron chi connectivity index (χ2n) is 7.27. The van der Waals surface area contributed by atoms with Crippen LogP contribution in [-0.4, -0.2) is 30.1 Å². The molecule has 1 aromatic rings. The Balaban J connectivity index is 1.95. The summed E-state index contributed by atoms with van der Waals surface area (Å²) in [7, 11) is 0. The largest absolute Gasteiger partial charge is 0.481 e. The molecule has 0 saturated carbocycles. The molecule has 5 nitrogen and oxygen atoms in total. The molecule has 1 saturated heterocycles. The van der Waals surface area contributed by atoms with E-state index < -0.39 is 11.4 Å². The highest BCUT2D eigenvalue weighted by Gasteiger charge is 2.31. The quantitative estimate of drug-likeness (QED) is 0.839. The minimum absolute atomic E-state index is 0.0212. The number of aryl methyl sites for hydroxylation is 1. The molecule has 0 aliphatic carbocycles. The van der Waals surface area contributed by atoms with Crippen molar-refractivity contribution in [2.75, 3.05) is 13.2 Å². The van der Waals surface area contributed by atoms with E-state index in [0.717, 1.165) is 25.0 Å². The Morgan fingerprint density at radius 1 is 1.29 bits per heavy atom. The van der Waals surface area contributed by atoms with Gasteiger partial charge in [0.15, 0.2) is 0 Å². The lowest BCUT2D eigenvalue weighted by Gasteiger charge is -2.32. The first-order valence-corrected chi connectivity index (χ1v) is 8.48. The van der Waals surface area contributed by atoms with Gasteiger partial charge in [-0.05, 0) is 39.2 Å². The summed E-state index contributed by atoms with van der Waals surface area (Å²) in [4.78, 5) is 23.2. The molecule has 1 aliphatic rings. The smallest absolute Gasteiger partial charge is 0.309 e. The van der Waals surface area contributed by atoms with E-state index in [4.69, 9.17) is 9.84 Å².